The minimum Gasteiger partial charge on any atom is -0.477 e. The molecule has 0 bridgehead atoms. The van der Waals surface area contributed by atoms with Gasteiger partial charge in [-0.1, -0.05) is 11.6 Å². The Kier molecular flexibility index (Phi) is 4.36. The summed E-state index contributed by atoms with van der Waals surface area (Å²) in [4.78, 5) is 23.3. The number of pyridine rings is 2. The van der Waals surface area contributed by atoms with Crippen LogP contribution in [0.3, 0.4) is 0 Å². The van der Waals surface area contributed by atoms with E-state index >= 15 is 0 Å². The zero-order valence-corrected chi connectivity index (χ0v) is 14.2. The van der Waals surface area contributed by atoms with Crippen molar-refractivity contribution in [2.45, 2.75) is 12.5 Å². The lowest BCUT2D eigenvalue weighted by molar-refractivity contribution is 0.228. The van der Waals surface area contributed by atoms with Gasteiger partial charge < -0.3 is 15.0 Å². The SMILES string of the molecule is O=C(Nc1nnc(-c2ccncc2)[nH]1)NC1CCOc2nc(Cl)ccc21. The van der Waals surface area contributed by atoms with Crippen molar-refractivity contribution in [1.29, 1.82) is 0 Å². The number of anilines is 1. The zero-order valence-electron chi connectivity index (χ0n) is 13.4. The third-order valence-corrected chi connectivity index (χ3v) is 4.06. The van der Waals surface area contributed by atoms with Crippen LogP contribution in [0.5, 0.6) is 5.88 Å². The average Bonchev–Trinajstić information content (AvgIpc) is 3.11. The first kappa shape index (κ1) is 16.3. The smallest absolute Gasteiger partial charge is 0.322 e. The molecule has 0 saturated heterocycles. The third-order valence-electron chi connectivity index (χ3n) is 3.85. The number of aromatic nitrogens is 5. The van der Waals surface area contributed by atoms with Crippen LogP contribution in [-0.4, -0.2) is 37.8 Å². The van der Waals surface area contributed by atoms with Crippen LogP contribution in [0.2, 0.25) is 5.15 Å². The van der Waals surface area contributed by atoms with Gasteiger partial charge in [0, 0.05) is 29.9 Å². The van der Waals surface area contributed by atoms with Gasteiger partial charge in [0.05, 0.1) is 12.6 Å². The van der Waals surface area contributed by atoms with E-state index in [1.165, 1.54) is 0 Å². The lowest BCUT2D eigenvalue weighted by atomic mass is 10.0. The van der Waals surface area contributed by atoms with Gasteiger partial charge in [-0.2, -0.15) is 0 Å². The van der Waals surface area contributed by atoms with Gasteiger partial charge in [-0.05, 0) is 24.3 Å². The summed E-state index contributed by atoms with van der Waals surface area (Å²) < 4.78 is 5.49. The van der Waals surface area contributed by atoms with E-state index in [-0.39, 0.29) is 12.0 Å². The highest BCUT2D eigenvalue weighted by molar-refractivity contribution is 6.29. The summed E-state index contributed by atoms with van der Waals surface area (Å²) >= 11 is 5.88. The fraction of sp³-hybridized carbons (Fsp3) is 0.188. The Labute approximate surface area is 153 Å². The highest BCUT2D eigenvalue weighted by Gasteiger charge is 2.24. The molecule has 26 heavy (non-hydrogen) atoms. The number of carbonyl (C=O) groups excluding carboxylic acids is 1. The van der Waals surface area contributed by atoms with E-state index in [1.54, 1.807) is 36.7 Å². The van der Waals surface area contributed by atoms with Crippen molar-refractivity contribution in [3.8, 4) is 17.3 Å². The molecule has 4 rings (SSSR count). The van der Waals surface area contributed by atoms with Crippen LogP contribution in [0, 0.1) is 0 Å². The second-order valence-electron chi connectivity index (χ2n) is 5.57. The summed E-state index contributed by atoms with van der Waals surface area (Å²) in [6.07, 6.45) is 3.93. The van der Waals surface area contributed by atoms with Crippen LogP contribution in [0.25, 0.3) is 11.4 Å². The maximum Gasteiger partial charge on any atom is 0.322 e. The molecule has 10 heteroatoms. The molecule has 1 aliphatic heterocycles. The van der Waals surface area contributed by atoms with E-state index in [2.05, 4.69) is 35.8 Å². The number of carbonyl (C=O) groups is 1. The van der Waals surface area contributed by atoms with E-state index in [0.29, 0.717) is 29.9 Å². The average molecular weight is 372 g/mol. The molecule has 0 fully saturated rings. The van der Waals surface area contributed by atoms with Crippen molar-refractivity contribution < 1.29 is 9.53 Å². The van der Waals surface area contributed by atoms with Gasteiger partial charge in [-0.15, -0.1) is 10.2 Å². The van der Waals surface area contributed by atoms with Crippen LogP contribution in [0.15, 0.2) is 36.7 Å². The number of fused-ring (bicyclic) bond motifs is 1. The number of H-pyrrole nitrogens is 1. The van der Waals surface area contributed by atoms with Crippen molar-refractivity contribution in [3.05, 3.63) is 47.4 Å². The number of hydrogen-bond donors (Lipinski definition) is 3. The molecule has 1 aliphatic rings. The molecular weight excluding hydrogens is 358 g/mol. The van der Waals surface area contributed by atoms with Gasteiger partial charge in [-0.25, -0.2) is 9.78 Å². The summed E-state index contributed by atoms with van der Waals surface area (Å²) in [7, 11) is 0. The first-order valence-corrected chi connectivity index (χ1v) is 8.26. The summed E-state index contributed by atoms with van der Waals surface area (Å²) in [6, 6.07) is 6.41. The molecule has 132 valence electrons. The van der Waals surface area contributed by atoms with Crippen molar-refractivity contribution in [3.63, 3.8) is 0 Å². The molecule has 0 saturated carbocycles. The van der Waals surface area contributed by atoms with Gasteiger partial charge in [0.2, 0.25) is 11.8 Å². The van der Waals surface area contributed by atoms with Crippen LogP contribution in [-0.2, 0) is 0 Å². The van der Waals surface area contributed by atoms with Gasteiger partial charge in [0.1, 0.15) is 5.15 Å². The second-order valence-corrected chi connectivity index (χ2v) is 5.96. The Morgan fingerprint density at radius 1 is 1.23 bits per heavy atom. The number of amides is 2. The number of nitrogens with one attached hydrogen (secondary N) is 3. The fourth-order valence-electron chi connectivity index (χ4n) is 2.65. The number of nitrogens with zero attached hydrogens (tertiary/aromatic N) is 4. The number of urea groups is 1. The monoisotopic (exact) mass is 371 g/mol. The topological polar surface area (TPSA) is 118 Å². The van der Waals surface area contributed by atoms with E-state index in [9.17, 15) is 4.79 Å². The lowest BCUT2D eigenvalue weighted by Gasteiger charge is -2.25. The van der Waals surface area contributed by atoms with E-state index in [4.69, 9.17) is 16.3 Å². The maximum absolute atomic E-state index is 12.3. The number of aromatic amines is 1. The van der Waals surface area contributed by atoms with Gasteiger partial charge in [0.15, 0.2) is 5.82 Å². The summed E-state index contributed by atoms with van der Waals surface area (Å²) in [5, 5.41) is 13.8. The Hall–Kier alpha value is -3.20. The molecule has 0 spiro atoms. The van der Waals surface area contributed by atoms with Crippen molar-refractivity contribution in [2.24, 2.45) is 0 Å². The normalized spacial score (nSPS) is 15.7. The Bertz CT molecular complexity index is 931. The quantitative estimate of drug-likeness (QED) is 0.609. The minimum atomic E-state index is -0.407. The zero-order chi connectivity index (χ0) is 17.9. The highest BCUT2D eigenvalue weighted by Crippen LogP contribution is 2.31. The predicted octanol–water partition coefficient (Wildman–Crippen LogP) is 2.56. The summed E-state index contributed by atoms with van der Waals surface area (Å²) in [6.45, 7) is 0.444. The third kappa shape index (κ3) is 3.42. The van der Waals surface area contributed by atoms with Crippen LogP contribution < -0.4 is 15.4 Å². The standard InChI is InChI=1S/C16H14ClN7O2/c17-12-2-1-10-11(5-8-26-14(10)20-12)19-16(25)22-15-21-13(23-24-15)9-3-6-18-7-4-9/h1-4,6-7,11H,5,8H2,(H3,19,21,22,23,24,25). The first-order valence-electron chi connectivity index (χ1n) is 7.89. The van der Waals surface area contributed by atoms with Crippen LogP contribution in [0.1, 0.15) is 18.0 Å². The summed E-state index contributed by atoms with van der Waals surface area (Å²) in [5.74, 6) is 1.22. The molecule has 0 aliphatic carbocycles. The van der Waals surface area contributed by atoms with Crippen molar-refractivity contribution >= 4 is 23.6 Å². The van der Waals surface area contributed by atoms with Gasteiger partial charge in [0.25, 0.3) is 0 Å². The molecule has 3 aromatic rings. The number of rotatable bonds is 3. The molecule has 4 heterocycles. The minimum absolute atomic E-state index is 0.230. The molecule has 9 nitrogen and oxygen atoms in total. The molecule has 0 aromatic carbocycles. The van der Waals surface area contributed by atoms with E-state index in [0.717, 1.165) is 11.1 Å². The largest absolute Gasteiger partial charge is 0.477 e. The molecule has 0 radical (unpaired) electrons. The maximum atomic E-state index is 12.3. The second kappa shape index (κ2) is 6.96. The van der Waals surface area contributed by atoms with Gasteiger partial charge in [-0.3, -0.25) is 10.3 Å². The van der Waals surface area contributed by atoms with Crippen LogP contribution >= 0.6 is 11.6 Å². The molecule has 2 amide bonds. The molecule has 3 aromatic heterocycles. The van der Waals surface area contributed by atoms with E-state index in [1.807, 2.05) is 0 Å². The highest BCUT2D eigenvalue weighted by atomic mass is 35.5. The lowest BCUT2D eigenvalue weighted by Crippen LogP contribution is -2.35. The predicted molar refractivity (Wildman–Crippen MR) is 93.9 cm³/mol. The fourth-order valence-corrected chi connectivity index (χ4v) is 2.79. The molecule has 1 atom stereocenters. The Morgan fingerprint density at radius 2 is 2.08 bits per heavy atom. The van der Waals surface area contributed by atoms with Crippen LogP contribution in [0.4, 0.5) is 10.7 Å². The van der Waals surface area contributed by atoms with Crippen molar-refractivity contribution in [1.82, 2.24) is 30.5 Å². The molecule has 1 unspecified atom stereocenters. The van der Waals surface area contributed by atoms with Gasteiger partial charge >= 0.3 is 6.03 Å². The Balaban J connectivity index is 1.43. The van der Waals surface area contributed by atoms with E-state index < -0.39 is 6.03 Å². The molecule has 3 N–H and O–H groups in total. The molecular formula is C16H14ClN7O2. The van der Waals surface area contributed by atoms with Crippen molar-refractivity contribution in [2.75, 3.05) is 11.9 Å². The summed E-state index contributed by atoms with van der Waals surface area (Å²) in [5.41, 5.74) is 1.60. The Morgan fingerprint density at radius 3 is 2.92 bits per heavy atom. The number of halogens is 1. The first-order chi connectivity index (χ1) is 12.7. The number of ether oxygens (including phenoxy) is 1. The number of hydrogen-bond acceptors (Lipinski definition) is 6.